The smallest absolute Gasteiger partial charge is 0.124 e. The molecule has 2 aromatic heterocycles. The van der Waals surface area contributed by atoms with Crippen LogP contribution in [0.3, 0.4) is 0 Å². The highest BCUT2D eigenvalue weighted by Crippen LogP contribution is 2.24. The van der Waals surface area contributed by atoms with Crippen molar-refractivity contribution in [1.82, 2.24) is 9.97 Å². The topological polar surface area (TPSA) is 25.8 Å². The highest BCUT2D eigenvalue weighted by molar-refractivity contribution is 7.14. The van der Waals surface area contributed by atoms with Crippen LogP contribution in [-0.4, -0.2) is 9.97 Å². The summed E-state index contributed by atoms with van der Waals surface area (Å²) in [6.45, 7) is 4.12. The van der Waals surface area contributed by atoms with Crippen molar-refractivity contribution in [2.75, 3.05) is 0 Å². The molecule has 1 radical (unpaired) electrons. The van der Waals surface area contributed by atoms with Crippen molar-refractivity contribution in [2.24, 2.45) is 0 Å². The first-order valence-corrected chi connectivity index (χ1v) is 5.41. The highest BCUT2D eigenvalue weighted by atomic mass is 32.1. The third-order valence-corrected chi connectivity index (χ3v) is 2.91. The second kappa shape index (κ2) is 3.88. The monoisotopic (exact) mass is 203 g/mol. The number of rotatable bonds is 2. The Morgan fingerprint density at radius 3 is 3.00 bits per heavy atom. The predicted octanol–water partition coefficient (Wildman–Crippen LogP) is 2.88. The van der Waals surface area contributed by atoms with Crippen molar-refractivity contribution in [2.45, 2.75) is 20.3 Å². The average Bonchev–Trinajstić information content (AvgIpc) is 2.65. The molecule has 0 atom stereocenters. The van der Waals surface area contributed by atoms with Crippen molar-refractivity contribution >= 4 is 11.3 Å². The van der Waals surface area contributed by atoms with Crippen LogP contribution in [0.2, 0.25) is 0 Å². The van der Waals surface area contributed by atoms with E-state index >= 15 is 0 Å². The molecule has 3 heteroatoms. The quantitative estimate of drug-likeness (QED) is 0.750. The van der Waals surface area contributed by atoms with Crippen LogP contribution in [0.1, 0.15) is 17.5 Å². The average molecular weight is 203 g/mol. The lowest BCUT2D eigenvalue weighted by Gasteiger charge is -1.98. The molecule has 14 heavy (non-hydrogen) atoms. The van der Waals surface area contributed by atoms with Crippen LogP contribution in [0.4, 0.5) is 0 Å². The van der Waals surface area contributed by atoms with E-state index in [-0.39, 0.29) is 0 Å². The SMILES string of the molecule is CCc1cc(-c2n[c]c(C)s2)ccn1. The number of pyridine rings is 1. The van der Waals surface area contributed by atoms with Gasteiger partial charge in [-0.25, -0.2) is 4.98 Å². The minimum Gasteiger partial charge on any atom is -0.261 e. The first-order chi connectivity index (χ1) is 6.79. The molecule has 0 aliphatic rings. The van der Waals surface area contributed by atoms with E-state index < -0.39 is 0 Å². The van der Waals surface area contributed by atoms with E-state index in [0.717, 1.165) is 27.6 Å². The molecule has 2 rings (SSSR count). The second-order valence-electron chi connectivity index (χ2n) is 3.08. The third-order valence-electron chi connectivity index (χ3n) is 1.99. The van der Waals surface area contributed by atoms with Crippen LogP contribution in [0.15, 0.2) is 18.3 Å². The molecule has 2 heterocycles. The predicted molar refractivity (Wildman–Crippen MR) is 58.3 cm³/mol. The van der Waals surface area contributed by atoms with Crippen molar-refractivity contribution in [3.05, 3.63) is 35.1 Å². The maximum Gasteiger partial charge on any atom is 0.124 e. The summed E-state index contributed by atoms with van der Waals surface area (Å²) >= 11 is 1.67. The molecule has 0 unspecified atom stereocenters. The first kappa shape index (κ1) is 9.34. The summed E-state index contributed by atoms with van der Waals surface area (Å²) in [6, 6.07) is 4.08. The molecule has 2 aromatic rings. The van der Waals surface area contributed by atoms with Crippen molar-refractivity contribution < 1.29 is 0 Å². The maximum absolute atomic E-state index is 4.26. The number of hydrogen-bond donors (Lipinski definition) is 0. The van der Waals surface area contributed by atoms with Gasteiger partial charge in [-0.3, -0.25) is 4.98 Å². The third kappa shape index (κ3) is 1.82. The first-order valence-electron chi connectivity index (χ1n) is 4.60. The van der Waals surface area contributed by atoms with Gasteiger partial charge in [0.05, 0.1) is 0 Å². The molecule has 0 aliphatic heterocycles. The zero-order valence-electron chi connectivity index (χ0n) is 8.24. The summed E-state index contributed by atoms with van der Waals surface area (Å²) in [5.74, 6) is 0. The number of aromatic nitrogens is 2. The van der Waals surface area contributed by atoms with Crippen LogP contribution in [-0.2, 0) is 6.42 Å². The van der Waals surface area contributed by atoms with E-state index in [4.69, 9.17) is 0 Å². The van der Waals surface area contributed by atoms with Crippen LogP contribution in [0.5, 0.6) is 0 Å². The van der Waals surface area contributed by atoms with E-state index in [1.54, 1.807) is 11.3 Å². The van der Waals surface area contributed by atoms with Gasteiger partial charge in [-0.1, -0.05) is 6.92 Å². The molecule has 0 saturated carbocycles. The Kier molecular flexibility index (Phi) is 2.59. The van der Waals surface area contributed by atoms with Gasteiger partial charge >= 0.3 is 0 Å². The van der Waals surface area contributed by atoms with Gasteiger partial charge in [-0.15, -0.1) is 11.3 Å². The molecule has 0 fully saturated rings. The Bertz CT molecular complexity index is 434. The molecule has 0 aromatic carbocycles. The van der Waals surface area contributed by atoms with Gasteiger partial charge in [0.15, 0.2) is 0 Å². The molecule has 71 valence electrons. The van der Waals surface area contributed by atoms with Gasteiger partial charge in [0.1, 0.15) is 11.2 Å². The number of hydrogen-bond acceptors (Lipinski definition) is 3. The largest absolute Gasteiger partial charge is 0.261 e. The summed E-state index contributed by atoms with van der Waals surface area (Å²) in [4.78, 5) is 9.60. The fraction of sp³-hybridized carbons (Fsp3) is 0.273. The minimum atomic E-state index is 0.960. The molecular formula is C11H11N2S. The number of nitrogens with zero attached hydrogens (tertiary/aromatic N) is 2. The van der Waals surface area contributed by atoms with Gasteiger partial charge < -0.3 is 0 Å². The highest BCUT2D eigenvalue weighted by Gasteiger charge is 2.03. The van der Waals surface area contributed by atoms with E-state index in [9.17, 15) is 0 Å². The van der Waals surface area contributed by atoms with Gasteiger partial charge in [0.2, 0.25) is 0 Å². The minimum absolute atomic E-state index is 0.960. The van der Waals surface area contributed by atoms with E-state index in [2.05, 4.69) is 29.2 Å². The Morgan fingerprint density at radius 1 is 1.50 bits per heavy atom. The van der Waals surface area contributed by atoms with Crippen LogP contribution < -0.4 is 0 Å². The van der Waals surface area contributed by atoms with Crippen LogP contribution in [0, 0.1) is 13.1 Å². The molecular weight excluding hydrogens is 192 g/mol. The summed E-state index contributed by atoms with van der Waals surface area (Å²) in [5, 5.41) is 1.03. The normalized spacial score (nSPS) is 10.4. The molecule has 0 bridgehead atoms. The van der Waals surface area contributed by atoms with E-state index in [1.165, 1.54) is 0 Å². The van der Waals surface area contributed by atoms with E-state index in [0.29, 0.717) is 0 Å². The molecule has 0 spiro atoms. The lowest BCUT2D eigenvalue weighted by Crippen LogP contribution is -1.86. The number of aryl methyl sites for hydroxylation is 2. The van der Waals surface area contributed by atoms with Crippen LogP contribution >= 0.6 is 11.3 Å². The van der Waals surface area contributed by atoms with Gasteiger partial charge in [0.25, 0.3) is 0 Å². The zero-order valence-corrected chi connectivity index (χ0v) is 9.06. The van der Waals surface area contributed by atoms with Crippen molar-refractivity contribution in [3.8, 4) is 10.6 Å². The molecule has 0 aliphatic carbocycles. The fourth-order valence-corrected chi connectivity index (χ4v) is 1.97. The Labute approximate surface area is 87.7 Å². The summed E-state index contributed by atoms with van der Waals surface area (Å²) in [7, 11) is 0. The summed E-state index contributed by atoms with van der Waals surface area (Å²) < 4.78 is 0. The Balaban J connectivity index is 2.41. The fourth-order valence-electron chi connectivity index (χ4n) is 1.25. The standard InChI is InChI=1S/C11H11N2S/c1-3-10-6-9(4-5-12-10)11-13-7-8(2)14-11/h4-6H,3H2,1-2H3. The Morgan fingerprint density at radius 2 is 2.36 bits per heavy atom. The summed E-state index contributed by atoms with van der Waals surface area (Å²) in [5.41, 5.74) is 2.25. The van der Waals surface area contributed by atoms with E-state index in [1.807, 2.05) is 19.2 Å². The Hall–Kier alpha value is -1.22. The van der Waals surface area contributed by atoms with Crippen molar-refractivity contribution in [3.63, 3.8) is 0 Å². The lowest BCUT2D eigenvalue weighted by atomic mass is 10.2. The second-order valence-corrected chi connectivity index (χ2v) is 4.28. The maximum atomic E-state index is 4.26. The molecule has 0 amide bonds. The van der Waals surface area contributed by atoms with Gasteiger partial charge in [0, 0.05) is 22.3 Å². The van der Waals surface area contributed by atoms with Gasteiger partial charge in [-0.05, 0) is 25.5 Å². The molecule has 0 saturated heterocycles. The number of thiazole rings is 1. The molecule has 2 nitrogen and oxygen atoms in total. The zero-order chi connectivity index (χ0) is 9.97. The van der Waals surface area contributed by atoms with Crippen LogP contribution in [0.25, 0.3) is 10.6 Å². The van der Waals surface area contributed by atoms with Gasteiger partial charge in [-0.2, -0.15) is 0 Å². The lowest BCUT2D eigenvalue weighted by molar-refractivity contribution is 1.04. The summed E-state index contributed by atoms with van der Waals surface area (Å²) in [6.07, 6.45) is 5.75. The van der Waals surface area contributed by atoms with Crippen molar-refractivity contribution in [1.29, 1.82) is 0 Å². The molecule has 0 N–H and O–H groups in total.